The van der Waals surface area contributed by atoms with Crippen molar-refractivity contribution in [3.8, 4) is 5.75 Å². The maximum absolute atomic E-state index is 11.5. The molecule has 1 rings (SSSR count). The van der Waals surface area contributed by atoms with Gasteiger partial charge < -0.3 is 9.47 Å². The lowest BCUT2D eigenvalue weighted by Gasteiger charge is -2.08. The first-order chi connectivity index (χ1) is 8.74. The fourth-order valence-corrected chi connectivity index (χ4v) is 1.45. The summed E-state index contributed by atoms with van der Waals surface area (Å²) in [5, 5.41) is 0. The molecule has 0 N–H and O–H groups in total. The van der Waals surface area contributed by atoms with Crippen molar-refractivity contribution in [1.29, 1.82) is 0 Å². The minimum Gasteiger partial charge on any atom is -0.460 e. The van der Waals surface area contributed by atoms with Crippen LogP contribution in [0.25, 0.3) is 0 Å². The molecule has 0 saturated carbocycles. The highest BCUT2D eigenvalue weighted by atomic mass is 16.6. The van der Waals surface area contributed by atoms with E-state index in [9.17, 15) is 4.79 Å². The summed E-state index contributed by atoms with van der Waals surface area (Å²) in [6, 6.07) is 9.07. The van der Waals surface area contributed by atoms with Crippen molar-refractivity contribution < 1.29 is 14.3 Å². The van der Waals surface area contributed by atoms with E-state index >= 15 is 0 Å². The van der Waals surface area contributed by atoms with E-state index in [-0.39, 0.29) is 5.76 Å². The summed E-state index contributed by atoms with van der Waals surface area (Å²) in [4.78, 5) is 11.5. The van der Waals surface area contributed by atoms with Crippen LogP contribution >= 0.6 is 0 Å². The molecule has 3 nitrogen and oxygen atoms in total. The Morgan fingerprint density at radius 3 is 2.56 bits per heavy atom. The number of esters is 1. The third-order valence-corrected chi connectivity index (χ3v) is 2.44. The van der Waals surface area contributed by atoms with Gasteiger partial charge in [0.25, 0.3) is 0 Å². The van der Waals surface area contributed by atoms with Gasteiger partial charge in [-0.3, -0.25) is 0 Å². The van der Waals surface area contributed by atoms with E-state index in [0.717, 1.165) is 19.3 Å². The smallest absolute Gasteiger partial charge is 0.373 e. The molecule has 0 aliphatic carbocycles. The summed E-state index contributed by atoms with van der Waals surface area (Å²) < 4.78 is 10.3. The van der Waals surface area contributed by atoms with Crippen LogP contribution in [0.15, 0.2) is 42.7 Å². The first-order valence-electron chi connectivity index (χ1n) is 6.33. The third kappa shape index (κ3) is 5.53. The number of unbranched alkanes of at least 4 members (excludes halogenated alkanes) is 3. The zero-order valence-electron chi connectivity index (χ0n) is 10.9. The standard InChI is InChI=1S/C15H20O3/c1-3-4-5-9-12-17-15(16)13(2)18-14-10-7-6-8-11-14/h6-8,10-11H,2-5,9,12H2,1H3. The van der Waals surface area contributed by atoms with Crippen molar-refractivity contribution in [2.24, 2.45) is 0 Å². The second-order valence-electron chi connectivity index (χ2n) is 4.03. The van der Waals surface area contributed by atoms with Gasteiger partial charge in [-0.25, -0.2) is 4.79 Å². The van der Waals surface area contributed by atoms with Gasteiger partial charge in [-0.15, -0.1) is 0 Å². The minimum atomic E-state index is -0.490. The van der Waals surface area contributed by atoms with Gasteiger partial charge in [0.15, 0.2) is 0 Å². The highest BCUT2D eigenvalue weighted by Gasteiger charge is 2.10. The first-order valence-corrected chi connectivity index (χ1v) is 6.33. The van der Waals surface area contributed by atoms with Crippen LogP contribution in [0.4, 0.5) is 0 Å². The Hall–Kier alpha value is -1.77. The van der Waals surface area contributed by atoms with Crippen LogP contribution in [0.2, 0.25) is 0 Å². The monoisotopic (exact) mass is 248 g/mol. The molecule has 0 aliphatic heterocycles. The van der Waals surface area contributed by atoms with E-state index in [1.54, 1.807) is 12.1 Å². The summed E-state index contributed by atoms with van der Waals surface area (Å²) in [6.07, 6.45) is 4.30. The quantitative estimate of drug-likeness (QED) is 0.304. The van der Waals surface area contributed by atoms with E-state index in [0.29, 0.717) is 12.4 Å². The van der Waals surface area contributed by atoms with Crippen LogP contribution in [-0.4, -0.2) is 12.6 Å². The average molecular weight is 248 g/mol. The van der Waals surface area contributed by atoms with Gasteiger partial charge in [0.05, 0.1) is 6.61 Å². The third-order valence-electron chi connectivity index (χ3n) is 2.44. The maximum Gasteiger partial charge on any atom is 0.373 e. The molecule has 0 unspecified atom stereocenters. The predicted octanol–water partition coefficient (Wildman–Crippen LogP) is 3.70. The molecule has 1 aromatic carbocycles. The van der Waals surface area contributed by atoms with Gasteiger partial charge in [0.2, 0.25) is 5.76 Å². The zero-order chi connectivity index (χ0) is 13.2. The summed E-state index contributed by atoms with van der Waals surface area (Å²) in [7, 11) is 0. The largest absolute Gasteiger partial charge is 0.460 e. The lowest BCUT2D eigenvalue weighted by molar-refractivity contribution is -0.141. The van der Waals surface area contributed by atoms with E-state index in [4.69, 9.17) is 9.47 Å². The highest BCUT2D eigenvalue weighted by Crippen LogP contribution is 2.12. The minimum absolute atomic E-state index is 0.0247. The summed E-state index contributed by atoms with van der Waals surface area (Å²) in [5.74, 6) is 0.123. The molecule has 0 fully saturated rings. The van der Waals surface area contributed by atoms with Gasteiger partial charge in [-0.05, 0) is 25.1 Å². The molecule has 0 aromatic heterocycles. The zero-order valence-corrected chi connectivity index (χ0v) is 10.9. The van der Waals surface area contributed by atoms with Crippen molar-refractivity contribution in [2.45, 2.75) is 32.6 Å². The Bertz CT molecular complexity index is 371. The molecule has 0 aliphatic rings. The van der Waals surface area contributed by atoms with Crippen molar-refractivity contribution >= 4 is 5.97 Å². The first kappa shape index (κ1) is 14.3. The Kier molecular flexibility index (Phi) is 6.62. The lowest BCUT2D eigenvalue weighted by Crippen LogP contribution is -2.12. The number of hydrogen-bond donors (Lipinski definition) is 0. The van der Waals surface area contributed by atoms with Crippen molar-refractivity contribution in [3.05, 3.63) is 42.7 Å². The van der Waals surface area contributed by atoms with Crippen LogP contribution in [-0.2, 0) is 9.53 Å². The van der Waals surface area contributed by atoms with Crippen LogP contribution in [0, 0.1) is 0 Å². The number of para-hydroxylation sites is 1. The molecule has 3 heteroatoms. The molecule has 1 aromatic rings. The van der Waals surface area contributed by atoms with Gasteiger partial charge in [0, 0.05) is 0 Å². The van der Waals surface area contributed by atoms with Crippen LogP contribution < -0.4 is 4.74 Å². The van der Waals surface area contributed by atoms with Crippen molar-refractivity contribution in [3.63, 3.8) is 0 Å². The van der Waals surface area contributed by atoms with Gasteiger partial charge in [-0.2, -0.15) is 0 Å². The molecule has 18 heavy (non-hydrogen) atoms. The molecule has 0 saturated heterocycles. The summed E-state index contributed by atoms with van der Waals surface area (Å²) in [6.45, 7) is 6.14. The van der Waals surface area contributed by atoms with E-state index < -0.39 is 5.97 Å². The van der Waals surface area contributed by atoms with Gasteiger partial charge >= 0.3 is 5.97 Å². The lowest BCUT2D eigenvalue weighted by atomic mass is 10.2. The molecule has 98 valence electrons. The Balaban J connectivity index is 2.23. The molecule has 0 atom stereocenters. The van der Waals surface area contributed by atoms with Crippen LogP contribution in [0.1, 0.15) is 32.6 Å². The maximum atomic E-state index is 11.5. The Morgan fingerprint density at radius 2 is 1.89 bits per heavy atom. The number of rotatable bonds is 8. The van der Waals surface area contributed by atoms with Crippen molar-refractivity contribution in [1.82, 2.24) is 0 Å². The van der Waals surface area contributed by atoms with E-state index in [1.165, 1.54) is 6.42 Å². The second-order valence-corrected chi connectivity index (χ2v) is 4.03. The fourth-order valence-electron chi connectivity index (χ4n) is 1.45. The number of hydrogen-bond acceptors (Lipinski definition) is 3. The summed E-state index contributed by atoms with van der Waals surface area (Å²) in [5.41, 5.74) is 0. The number of carbonyl (C=O) groups excluding carboxylic acids is 1. The molecule has 0 bridgehead atoms. The van der Waals surface area contributed by atoms with Gasteiger partial charge in [0.1, 0.15) is 5.75 Å². The highest BCUT2D eigenvalue weighted by molar-refractivity contribution is 5.86. The normalized spacial score (nSPS) is 9.83. The number of benzene rings is 1. The van der Waals surface area contributed by atoms with Crippen LogP contribution in [0.3, 0.4) is 0 Å². The second kappa shape index (κ2) is 8.34. The SMILES string of the molecule is C=C(Oc1ccccc1)C(=O)OCCCCCC. The van der Waals surface area contributed by atoms with E-state index in [2.05, 4.69) is 13.5 Å². The summed E-state index contributed by atoms with van der Waals surface area (Å²) >= 11 is 0. The molecular weight excluding hydrogens is 228 g/mol. The fraction of sp³-hybridized carbons (Fsp3) is 0.400. The van der Waals surface area contributed by atoms with Gasteiger partial charge in [-0.1, -0.05) is 44.4 Å². The molecule has 0 heterocycles. The number of ether oxygens (including phenoxy) is 2. The van der Waals surface area contributed by atoms with Crippen LogP contribution in [0.5, 0.6) is 5.75 Å². The molecule has 0 spiro atoms. The average Bonchev–Trinajstić information content (AvgIpc) is 2.39. The van der Waals surface area contributed by atoms with E-state index in [1.807, 2.05) is 18.2 Å². The molecule has 0 amide bonds. The Labute approximate surface area is 108 Å². The topological polar surface area (TPSA) is 35.5 Å². The molecule has 0 radical (unpaired) electrons. The van der Waals surface area contributed by atoms with Crippen molar-refractivity contribution in [2.75, 3.05) is 6.61 Å². The Morgan fingerprint density at radius 1 is 1.17 bits per heavy atom. The number of carbonyl (C=O) groups is 1. The molecular formula is C15H20O3. The predicted molar refractivity (Wildman–Crippen MR) is 71.3 cm³/mol.